The molecule has 0 aliphatic rings. The van der Waals surface area contributed by atoms with Crippen LogP contribution in [0.5, 0.6) is 0 Å². The largest absolute Gasteiger partial charge is 0.447 e. The van der Waals surface area contributed by atoms with Crippen LogP contribution in [0.3, 0.4) is 0 Å². The Balaban J connectivity index is 2.76. The summed E-state index contributed by atoms with van der Waals surface area (Å²) in [6, 6.07) is 2.97. The Kier molecular flexibility index (Phi) is 4.28. The molecule has 0 spiro atoms. The van der Waals surface area contributed by atoms with Gasteiger partial charge in [-0.25, -0.2) is 13.1 Å². The first kappa shape index (κ1) is 12.2. The molecule has 1 aromatic rings. The monoisotopic (exact) mass is 234 g/mol. The number of hydrogen-bond donors (Lipinski definition) is 3. The molecule has 0 fully saturated rings. The highest BCUT2D eigenvalue weighted by molar-refractivity contribution is 7.89. The highest BCUT2D eigenvalue weighted by Gasteiger charge is 2.17. The van der Waals surface area contributed by atoms with Crippen molar-refractivity contribution in [3.63, 3.8) is 0 Å². The maximum atomic E-state index is 11.5. The van der Waals surface area contributed by atoms with Crippen molar-refractivity contribution in [3.8, 4) is 0 Å². The fourth-order valence-corrected chi connectivity index (χ4v) is 1.99. The summed E-state index contributed by atoms with van der Waals surface area (Å²) in [5, 5.41) is 11.2. The lowest BCUT2D eigenvalue weighted by Crippen LogP contribution is -2.26. The van der Waals surface area contributed by atoms with Gasteiger partial charge in [0.2, 0.25) is 5.09 Å². The quantitative estimate of drug-likeness (QED) is 0.603. The number of aliphatic hydroxyl groups excluding tert-OH is 1. The van der Waals surface area contributed by atoms with Crippen LogP contribution >= 0.6 is 0 Å². The minimum absolute atomic E-state index is 0.0234. The highest BCUT2D eigenvalue weighted by Crippen LogP contribution is 2.13. The van der Waals surface area contributed by atoms with Crippen LogP contribution < -0.4 is 10.0 Å². The van der Waals surface area contributed by atoms with Crippen molar-refractivity contribution in [2.24, 2.45) is 0 Å². The van der Waals surface area contributed by atoms with Gasteiger partial charge in [0.1, 0.15) is 5.76 Å². The van der Waals surface area contributed by atoms with Crippen LogP contribution in [0.1, 0.15) is 5.76 Å². The highest BCUT2D eigenvalue weighted by atomic mass is 32.2. The average molecular weight is 234 g/mol. The third-order valence-electron chi connectivity index (χ3n) is 1.66. The van der Waals surface area contributed by atoms with Crippen LogP contribution in [0.25, 0.3) is 0 Å². The lowest BCUT2D eigenvalue weighted by molar-refractivity contribution is 0.300. The maximum Gasteiger partial charge on any atom is 0.274 e. The van der Waals surface area contributed by atoms with Gasteiger partial charge in [0.05, 0.1) is 13.2 Å². The molecule has 86 valence electrons. The van der Waals surface area contributed by atoms with Crippen LogP contribution in [-0.4, -0.2) is 33.7 Å². The molecule has 0 radical (unpaired) electrons. The number of hydrogen-bond acceptors (Lipinski definition) is 5. The van der Waals surface area contributed by atoms with Gasteiger partial charge in [-0.05, 0) is 19.2 Å². The van der Waals surface area contributed by atoms with E-state index >= 15 is 0 Å². The molecule has 0 unspecified atom stereocenters. The predicted octanol–water partition coefficient (Wildman–Crippen LogP) is -0.730. The van der Waals surface area contributed by atoms with Gasteiger partial charge in [0.25, 0.3) is 10.0 Å². The summed E-state index contributed by atoms with van der Waals surface area (Å²) in [6.45, 7) is 0.198. The summed E-state index contributed by atoms with van der Waals surface area (Å²) in [5.41, 5.74) is 0. The van der Waals surface area contributed by atoms with E-state index in [2.05, 4.69) is 10.0 Å². The topological polar surface area (TPSA) is 91.6 Å². The van der Waals surface area contributed by atoms with E-state index in [9.17, 15) is 8.42 Å². The molecule has 0 atom stereocenters. The molecule has 0 amide bonds. The molecule has 0 aromatic carbocycles. The Bertz CT molecular complexity index is 399. The Morgan fingerprint density at radius 1 is 1.47 bits per heavy atom. The smallest absolute Gasteiger partial charge is 0.274 e. The fourth-order valence-electron chi connectivity index (χ4n) is 1.02. The molecule has 0 saturated heterocycles. The van der Waals surface area contributed by atoms with Crippen LogP contribution in [0.4, 0.5) is 0 Å². The lowest BCUT2D eigenvalue weighted by atomic mass is 10.4. The van der Waals surface area contributed by atoms with Gasteiger partial charge in [-0.1, -0.05) is 0 Å². The van der Waals surface area contributed by atoms with E-state index in [0.29, 0.717) is 12.3 Å². The summed E-state index contributed by atoms with van der Waals surface area (Å²) in [5.74, 6) is 0.543. The van der Waals surface area contributed by atoms with Crippen molar-refractivity contribution in [3.05, 3.63) is 17.9 Å². The Hall–Kier alpha value is -0.890. The number of sulfonamides is 1. The zero-order valence-corrected chi connectivity index (χ0v) is 9.17. The number of aliphatic hydroxyl groups is 1. The summed E-state index contributed by atoms with van der Waals surface area (Å²) < 4.78 is 30.2. The second-order valence-corrected chi connectivity index (χ2v) is 4.57. The third kappa shape index (κ3) is 3.31. The van der Waals surface area contributed by atoms with Gasteiger partial charge >= 0.3 is 0 Å². The molecule has 3 N–H and O–H groups in total. The van der Waals surface area contributed by atoms with Gasteiger partial charge in [0, 0.05) is 6.54 Å². The first-order valence-corrected chi connectivity index (χ1v) is 5.92. The fraction of sp³-hybridized carbons (Fsp3) is 0.500. The van der Waals surface area contributed by atoms with Crippen molar-refractivity contribution in [2.45, 2.75) is 11.6 Å². The molecule has 1 aromatic heterocycles. The summed E-state index contributed by atoms with van der Waals surface area (Å²) in [7, 11) is -1.89. The Morgan fingerprint density at radius 3 is 2.80 bits per heavy atom. The molecule has 6 nitrogen and oxygen atoms in total. The summed E-state index contributed by atoms with van der Waals surface area (Å²) in [6.07, 6.45) is 0. The van der Waals surface area contributed by atoms with Gasteiger partial charge in [0.15, 0.2) is 0 Å². The molecule has 1 heterocycles. The number of nitrogens with one attached hydrogen (secondary N) is 2. The van der Waals surface area contributed by atoms with E-state index in [1.807, 2.05) is 0 Å². The van der Waals surface area contributed by atoms with E-state index in [1.165, 1.54) is 6.07 Å². The number of furan rings is 1. The Morgan fingerprint density at radius 2 is 2.20 bits per heavy atom. The minimum atomic E-state index is -3.62. The molecule has 7 heteroatoms. The summed E-state index contributed by atoms with van der Waals surface area (Å²) >= 11 is 0. The molecule has 0 aliphatic carbocycles. The van der Waals surface area contributed by atoms with Crippen molar-refractivity contribution in [2.75, 3.05) is 20.2 Å². The molecule has 0 aliphatic heterocycles. The molecular formula is C8H14N2O4S. The summed E-state index contributed by atoms with van der Waals surface area (Å²) in [4.78, 5) is 0. The predicted molar refractivity (Wildman–Crippen MR) is 53.7 cm³/mol. The third-order valence-corrected chi connectivity index (χ3v) is 2.99. The van der Waals surface area contributed by atoms with Crippen LogP contribution in [0.15, 0.2) is 21.6 Å². The van der Waals surface area contributed by atoms with Crippen molar-refractivity contribution in [1.82, 2.24) is 10.0 Å². The Labute approximate surface area is 88.3 Å². The zero-order chi connectivity index (χ0) is 11.3. The number of rotatable bonds is 6. The molecule has 15 heavy (non-hydrogen) atoms. The SMILES string of the molecule is CNCc1ccc(S(=O)(=O)NCCO)o1. The van der Waals surface area contributed by atoms with E-state index in [-0.39, 0.29) is 18.2 Å². The second-order valence-electron chi connectivity index (χ2n) is 2.87. The van der Waals surface area contributed by atoms with E-state index < -0.39 is 10.0 Å². The molecular weight excluding hydrogens is 220 g/mol. The van der Waals surface area contributed by atoms with E-state index in [0.717, 1.165) is 0 Å². The van der Waals surface area contributed by atoms with Crippen LogP contribution in [-0.2, 0) is 16.6 Å². The molecule has 1 rings (SSSR count). The van der Waals surface area contributed by atoms with E-state index in [4.69, 9.17) is 9.52 Å². The van der Waals surface area contributed by atoms with Crippen LogP contribution in [0.2, 0.25) is 0 Å². The molecule has 0 bridgehead atoms. The normalized spacial score (nSPS) is 11.9. The van der Waals surface area contributed by atoms with Crippen molar-refractivity contribution >= 4 is 10.0 Å². The first-order chi connectivity index (χ1) is 7.10. The van der Waals surface area contributed by atoms with Crippen molar-refractivity contribution in [1.29, 1.82) is 0 Å². The maximum absolute atomic E-state index is 11.5. The van der Waals surface area contributed by atoms with Gasteiger partial charge in [-0.15, -0.1) is 0 Å². The second kappa shape index (κ2) is 5.26. The standard InChI is InChI=1S/C8H14N2O4S/c1-9-6-7-2-3-8(14-7)15(12,13)10-4-5-11/h2-3,9-11H,4-6H2,1H3. The van der Waals surface area contributed by atoms with Gasteiger partial charge in [-0.3, -0.25) is 0 Å². The lowest BCUT2D eigenvalue weighted by Gasteiger charge is -2.01. The van der Waals surface area contributed by atoms with Crippen LogP contribution in [0, 0.1) is 0 Å². The molecule has 0 saturated carbocycles. The first-order valence-electron chi connectivity index (χ1n) is 4.44. The van der Waals surface area contributed by atoms with E-state index in [1.54, 1.807) is 13.1 Å². The zero-order valence-electron chi connectivity index (χ0n) is 8.36. The van der Waals surface area contributed by atoms with Gasteiger partial charge in [-0.2, -0.15) is 0 Å². The van der Waals surface area contributed by atoms with Crippen molar-refractivity contribution < 1.29 is 17.9 Å². The van der Waals surface area contributed by atoms with Gasteiger partial charge < -0.3 is 14.8 Å². The minimum Gasteiger partial charge on any atom is -0.447 e. The average Bonchev–Trinajstić information content (AvgIpc) is 2.65.